The number of ketones is 1. The number of carbonyl (C=O) groups is 2. The average molecular weight is 530 g/mol. The van der Waals surface area contributed by atoms with Crippen LogP contribution in [-0.2, 0) is 20.9 Å². The summed E-state index contributed by atoms with van der Waals surface area (Å²) in [5.74, 6) is -3.34. The Bertz CT molecular complexity index is 1140. The zero-order valence-corrected chi connectivity index (χ0v) is 23.0. The number of aliphatic hydroxyl groups is 1. The van der Waals surface area contributed by atoms with Gasteiger partial charge in [0, 0.05) is 23.7 Å². The Morgan fingerprint density at radius 1 is 1.29 bits per heavy atom. The van der Waals surface area contributed by atoms with Gasteiger partial charge in [0.1, 0.15) is 5.78 Å². The fourth-order valence-electron chi connectivity index (χ4n) is 8.92. The number of carbonyl (C=O) groups excluding carboxylic acids is 1. The van der Waals surface area contributed by atoms with Gasteiger partial charge in [0.15, 0.2) is 17.7 Å². The molecule has 0 aromatic heterocycles. The van der Waals surface area contributed by atoms with Crippen molar-refractivity contribution >= 4 is 24.3 Å². The van der Waals surface area contributed by atoms with Crippen molar-refractivity contribution < 1.29 is 38.6 Å². The number of rotatable bonds is 5. The highest BCUT2D eigenvalue weighted by Gasteiger charge is 2.69. The predicted octanol–water partition coefficient (Wildman–Crippen LogP) is 3.71. The van der Waals surface area contributed by atoms with Gasteiger partial charge in [-0.1, -0.05) is 40.7 Å². The van der Waals surface area contributed by atoms with Gasteiger partial charge in [0.05, 0.1) is 12.7 Å². The maximum absolute atomic E-state index is 15.5. The van der Waals surface area contributed by atoms with Crippen LogP contribution in [0.2, 0.25) is 0 Å². The van der Waals surface area contributed by atoms with E-state index in [1.807, 2.05) is 20.8 Å². The van der Waals surface area contributed by atoms with Gasteiger partial charge in [-0.15, -0.1) is 0 Å². The summed E-state index contributed by atoms with van der Waals surface area (Å²) in [6.07, 6.45) is 1.53. The first-order chi connectivity index (χ1) is 17.8. The number of aliphatic hydroxyl groups excluding tert-OH is 1. The van der Waals surface area contributed by atoms with Gasteiger partial charge < -0.3 is 24.6 Å². The lowest BCUT2D eigenvalue weighted by molar-refractivity contribution is -0.199. The van der Waals surface area contributed by atoms with Crippen LogP contribution in [0.15, 0.2) is 12.1 Å². The molecule has 5 rings (SSSR count). The first-order valence-electron chi connectivity index (χ1n) is 14.0. The summed E-state index contributed by atoms with van der Waals surface area (Å²) in [7, 11) is -1.44. The molecule has 208 valence electrons. The fourth-order valence-corrected chi connectivity index (χ4v) is 8.92. The average Bonchev–Trinajstić information content (AvgIpc) is 3.44. The highest BCUT2D eigenvalue weighted by Crippen LogP contribution is 2.69. The predicted molar refractivity (Wildman–Crippen MR) is 139 cm³/mol. The van der Waals surface area contributed by atoms with Crippen LogP contribution in [0, 0.1) is 45.7 Å². The summed E-state index contributed by atoms with van der Waals surface area (Å²) < 4.78 is 26.8. The van der Waals surface area contributed by atoms with Crippen molar-refractivity contribution in [3.8, 4) is 5.75 Å². The summed E-state index contributed by atoms with van der Waals surface area (Å²) in [6, 6.07) is 2.97. The van der Waals surface area contributed by atoms with Gasteiger partial charge in [0.25, 0.3) is 0 Å². The molecular formula is C29H40BFO7. The monoisotopic (exact) mass is 530 g/mol. The van der Waals surface area contributed by atoms with Crippen molar-refractivity contribution in [3.63, 3.8) is 0 Å². The van der Waals surface area contributed by atoms with Crippen molar-refractivity contribution in [2.75, 3.05) is 0 Å². The molecule has 1 unspecified atom stereocenters. The van der Waals surface area contributed by atoms with Crippen molar-refractivity contribution in [1.29, 1.82) is 0 Å². The highest BCUT2D eigenvalue weighted by molar-refractivity contribution is 6.61. The summed E-state index contributed by atoms with van der Waals surface area (Å²) in [5.41, 5.74) is -1.30. The third kappa shape index (κ3) is 3.71. The topological polar surface area (TPSA) is 113 Å². The van der Waals surface area contributed by atoms with Crippen LogP contribution in [0.25, 0.3) is 0 Å². The minimum absolute atomic E-state index is 0.0294. The maximum atomic E-state index is 15.5. The van der Waals surface area contributed by atoms with Crippen LogP contribution in [0.1, 0.15) is 78.7 Å². The molecule has 4 aliphatic rings. The molecule has 3 saturated carbocycles. The maximum Gasteiger partial charge on any atom is 0.494 e. The largest absolute Gasteiger partial charge is 0.494 e. The summed E-state index contributed by atoms with van der Waals surface area (Å²) in [4.78, 5) is 26.6. The standard InChI is InChI=1S/C29H40BFO7/c1-6-27(4)13-18(23(26(34)35)38-20-8-7-17-14-37-30(36)21(17)22(20)31)28(5)15(2)9-11-29(16(3)25(27)33)12-10-19(32)24(28)29/h7-8,15-16,18,23-25,33,36H,6,9-14H2,1-5H3,(H,34,35)/t15-,16+,18+,23?,24+,25+,27-,28-,29+/m1/s1. The first kappa shape index (κ1) is 27.6. The van der Waals surface area contributed by atoms with E-state index in [1.54, 1.807) is 6.07 Å². The number of ether oxygens (including phenoxy) is 1. The van der Waals surface area contributed by atoms with Crippen molar-refractivity contribution in [2.45, 2.75) is 92.0 Å². The highest BCUT2D eigenvalue weighted by atomic mass is 19.1. The lowest BCUT2D eigenvalue weighted by atomic mass is 9.41. The van der Waals surface area contributed by atoms with E-state index in [0.29, 0.717) is 31.2 Å². The van der Waals surface area contributed by atoms with Crippen LogP contribution < -0.4 is 10.2 Å². The number of hydrogen-bond donors (Lipinski definition) is 3. The van der Waals surface area contributed by atoms with E-state index in [2.05, 4.69) is 13.8 Å². The Balaban J connectivity index is 1.66. The minimum Gasteiger partial charge on any atom is -0.478 e. The van der Waals surface area contributed by atoms with Crippen LogP contribution in [0.4, 0.5) is 4.39 Å². The number of fused-ring (bicyclic) bond motifs is 1. The Morgan fingerprint density at radius 2 is 2.00 bits per heavy atom. The lowest BCUT2D eigenvalue weighted by Gasteiger charge is -2.63. The number of halogens is 1. The number of carboxylic acid groups (broad SMARTS) is 1. The normalized spacial score (nSPS) is 41.2. The summed E-state index contributed by atoms with van der Waals surface area (Å²) >= 11 is 0. The molecule has 38 heavy (non-hydrogen) atoms. The molecule has 3 N–H and O–H groups in total. The molecule has 1 heterocycles. The second-order valence-electron chi connectivity index (χ2n) is 13.0. The number of Topliss-reactive ketones (excluding diaryl/α,β-unsaturated/α-hetero) is 1. The summed E-state index contributed by atoms with van der Waals surface area (Å²) in [5, 5.41) is 32.5. The Hall–Kier alpha value is -1.97. The van der Waals surface area contributed by atoms with E-state index in [1.165, 1.54) is 6.07 Å². The lowest BCUT2D eigenvalue weighted by Crippen LogP contribution is -2.63. The van der Waals surface area contributed by atoms with E-state index >= 15 is 4.39 Å². The smallest absolute Gasteiger partial charge is 0.478 e. The van der Waals surface area contributed by atoms with Gasteiger partial charge in [-0.3, -0.25) is 4.79 Å². The van der Waals surface area contributed by atoms with Gasteiger partial charge in [0.2, 0.25) is 0 Å². The molecule has 0 radical (unpaired) electrons. The van der Waals surface area contributed by atoms with Crippen LogP contribution >= 0.6 is 0 Å². The molecule has 9 heteroatoms. The zero-order valence-electron chi connectivity index (χ0n) is 23.0. The van der Waals surface area contributed by atoms with Gasteiger partial charge in [-0.05, 0) is 71.8 Å². The molecule has 1 aromatic rings. The number of hydrogen-bond acceptors (Lipinski definition) is 6. The molecule has 7 nitrogen and oxygen atoms in total. The quantitative estimate of drug-likeness (QED) is 0.498. The molecule has 0 amide bonds. The fraction of sp³-hybridized carbons (Fsp3) is 0.724. The van der Waals surface area contributed by atoms with E-state index in [0.717, 1.165) is 12.8 Å². The Kier molecular flexibility index (Phi) is 6.76. The van der Waals surface area contributed by atoms with E-state index in [-0.39, 0.29) is 35.4 Å². The second-order valence-corrected chi connectivity index (χ2v) is 13.0. The number of carboxylic acids is 1. The number of benzene rings is 1. The van der Waals surface area contributed by atoms with Crippen molar-refractivity contribution in [2.24, 2.45) is 39.9 Å². The van der Waals surface area contributed by atoms with E-state index in [9.17, 15) is 24.8 Å². The third-order valence-electron chi connectivity index (χ3n) is 11.6. The van der Waals surface area contributed by atoms with Gasteiger partial charge >= 0.3 is 13.1 Å². The molecule has 9 atom stereocenters. The van der Waals surface area contributed by atoms with E-state index in [4.69, 9.17) is 9.39 Å². The molecular weight excluding hydrogens is 490 g/mol. The number of aliphatic carboxylic acids is 1. The molecule has 0 spiro atoms. The second kappa shape index (κ2) is 9.31. The molecule has 0 saturated heterocycles. The molecule has 1 aliphatic heterocycles. The van der Waals surface area contributed by atoms with Gasteiger partial charge in [-0.25, -0.2) is 9.18 Å². The van der Waals surface area contributed by atoms with Crippen molar-refractivity contribution in [3.05, 3.63) is 23.5 Å². The molecule has 1 aromatic carbocycles. The van der Waals surface area contributed by atoms with Crippen molar-refractivity contribution in [1.82, 2.24) is 0 Å². The minimum atomic E-state index is -1.45. The molecule has 2 bridgehead atoms. The zero-order chi connectivity index (χ0) is 27.8. The van der Waals surface area contributed by atoms with Crippen LogP contribution in [-0.4, -0.2) is 46.3 Å². The third-order valence-corrected chi connectivity index (χ3v) is 11.6. The van der Waals surface area contributed by atoms with Gasteiger partial charge in [-0.2, -0.15) is 0 Å². The molecule has 3 aliphatic carbocycles. The van der Waals surface area contributed by atoms with E-state index < -0.39 is 59.2 Å². The van der Waals surface area contributed by atoms with Crippen LogP contribution in [0.5, 0.6) is 5.75 Å². The first-order valence-corrected chi connectivity index (χ1v) is 14.0. The SMILES string of the molecule is CC[C@]1(C)C[C@@H](C(Oc2ccc3c(c2F)B(O)OC3)C(=O)O)[C@@]2(C)[C@H](C)CC[C@]3(CCC(=O)[C@H]32)[C@@H](C)[C@@H]1O. The summed E-state index contributed by atoms with van der Waals surface area (Å²) in [6.45, 7) is 10.3. The molecule has 3 fully saturated rings. The Morgan fingerprint density at radius 3 is 2.66 bits per heavy atom. The van der Waals surface area contributed by atoms with Crippen LogP contribution in [0.3, 0.4) is 0 Å². The Labute approximate surface area is 224 Å².